The number of nitrogens with zero attached hydrogens (tertiary/aromatic N) is 1. The van der Waals surface area contributed by atoms with Gasteiger partial charge in [-0.1, -0.05) is 0 Å². The van der Waals surface area contributed by atoms with Crippen LogP contribution in [0.3, 0.4) is 0 Å². The lowest BCUT2D eigenvalue weighted by atomic mass is 10.2. The van der Waals surface area contributed by atoms with Crippen molar-refractivity contribution in [2.45, 2.75) is 18.9 Å². The summed E-state index contributed by atoms with van der Waals surface area (Å²) in [5, 5.41) is 16.1. The lowest BCUT2D eigenvalue weighted by molar-refractivity contribution is -0.433. The van der Waals surface area contributed by atoms with Crippen LogP contribution >= 0.6 is 0 Å². The molecule has 0 spiro atoms. The van der Waals surface area contributed by atoms with Gasteiger partial charge in [0.15, 0.2) is 0 Å². The van der Waals surface area contributed by atoms with Crippen LogP contribution in [0.4, 0.5) is 0 Å². The van der Waals surface area contributed by atoms with Crippen molar-refractivity contribution in [1.82, 2.24) is 10.6 Å². The fraction of sp³-hybridized carbons (Fsp3) is 0.750. The minimum Gasteiger partial charge on any atom is -0.383 e. The van der Waals surface area contributed by atoms with Gasteiger partial charge >= 0.3 is 5.82 Å². The Hall–Kier alpha value is -1.30. The molecule has 1 aliphatic heterocycles. The van der Waals surface area contributed by atoms with Crippen molar-refractivity contribution < 1.29 is 9.66 Å². The van der Waals surface area contributed by atoms with E-state index in [1.54, 1.807) is 7.05 Å². The molecule has 2 N–H and O–H groups in total. The molecular formula is C8H15N3O3. The molecule has 1 fully saturated rings. The summed E-state index contributed by atoms with van der Waals surface area (Å²) in [6.07, 6.45) is 1.60. The van der Waals surface area contributed by atoms with E-state index in [0.717, 1.165) is 12.8 Å². The van der Waals surface area contributed by atoms with Gasteiger partial charge in [-0.05, 0) is 17.8 Å². The maximum Gasteiger partial charge on any atom is 0.337 e. The summed E-state index contributed by atoms with van der Waals surface area (Å²) in [5.74, 6) is -0.0144. The first kappa shape index (κ1) is 10.8. The quantitative estimate of drug-likeness (QED) is 0.496. The molecule has 0 aromatic heterocycles. The van der Waals surface area contributed by atoms with Crippen molar-refractivity contribution in [2.24, 2.45) is 0 Å². The molecular weight excluding hydrogens is 186 g/mol. The van der Waals surface area contributed by atoms with Gasteiger partial charge in [0.1, 0.15) is 11.8 Å². The average Bonchev–Trinajstić information content (AvgIpc) is 2.65. The first-order chi connectivity index (χ1) is 6.70. The molecule has 0 amide bonds. The second-order valence-corrected chi connectivity index (χ2v) is 3.02. The van der Waals surface area contributed by atoms with E-state index in [9.17, 15) is 10.1 Å². The summed E-state index contributed by atoms with van der Waals surface area (Å²) in [7, 11) is 3.20. The van der Waals surface area contributed by atoms with E-state index in [2.05, 4.69) is 10.6 Å². The van der Waals surface area contributed by atoms with Gasteiger partial charge in [0, 0.05) is 13.7 Å². The van der Waals surface area contributed by atoms with Gasteiger partial charge in [0.2, 0.25) is 0 Å². The Morgan fingerprint density at radius 2 is 2.21 bits per heavy atom. The Balaban J connectivity index is 2.89. The zero-order valence-corrected chi connectivity index (χ0v) is 8.37. The molecule has 0 aromatic carbocycles. The number of nitro groups is 1. The number of rotatable bonds is 4. The van der Waals surface area contributed by atoms with Crippen molar-refractivity contribution in [3.05, 3.63) is 21.6 Å². The zero-order chi connectivity index (χ0) is 10.6. The lowest BCUT2D eigenvalue weighted by Gasteiger charge is -2.14. The first-order valence-corrected chi connectivity index (χ1v) is 4.56. The molecule has 0 bridgehead atoms. The largest absolute Gasteiger partial charge is 0.383 e. The van der Waals surface area contributed by atoms with Crippen LogP contribution in [0.2, 0.25) is 0 Å². The minimum atomic E-state index is -0.437. The number of hydrogen-bond acceptors (Lipinski definition) is 5. The molecule has 0 radical (unpaired) electrons. The predicted octanol–water partition coefficient (Wildman–Crippen LogP) is 0.0500. The van der Waals surface area contributed by atoms with Crippen LogP contribution in [0.25, 0.3) is 0 Å². The maximum absolute atomic E-state index is 10.7. The van der Waals surface area contributed by atoms with Crippen molar-refractivity contribution in [2.75, 3.05) is 20.7 Å². The van der Waals surface area contributed by atoms with Crippen LogP contribution in [0.15, 0.2) is 11.5 Å². The van der Waals surface area contributed by atoms with Gasteiger partial charge in [-0.25, -0.2) is 0 Å². The van der Waals surface area contributed by atoms with E-state index < -0.39 is 4.92 Å². The molecule has 1 heterocycles. The number of likely N-dealkylation sites (N-methyl/N-ethyl adjacent to an activating group) is 1. The van der Waals surface area contributed by atoms with Gasteiger partial charge in [0.05, 0.1) is 7.05 Å². The van der Waals surface area contributed by atoms with Crippen LogP contribution in [0.5, 0.6) is 0 Å². The Morgan fingerprint density at radius 1 is 1.50 bits per heavy atom. The summed E-state index contributed by atoms with van der Waals surface area (Å²) in [4.78, 5) is 10.2. The van der Waals surface area contributed by atoms with E-state index in [1.807, 2.05) is 0 Å². The highest BCUT2D eigenvalue weighted by molar-refractivity contribution is 5.10. The van der Waals surface area contributed by atoms with E-state index in [1.165, 1.54) is 7.05 Å². The van der Waals surface area contributed by atoms with Crippen LogP contribution in [0.1, 0.15) is 12.8 Å². The predicted molar refractivity (Wildman–Crippen MR) is 51.1 cm³/mol. The van der Waals surface area contributed by atoms with Crippen molar-refractivity contribution in [1.29, 1.82) is 0 Å². The van der Waals surface area contributed by atoms with Gasteiger partial charge in [-0.3, -0.25) is 5.32 Å². The summed E-state index contributed by atoms with van der Waals surface area (Å²) >= 11 is 0. The fourth-order valence-electron chi connectivity index (χ4n) is 1.56. The third-order valence-electron chi connectivity index (χ3n) is 2.20. The first-order valence-electron chi connectivity index (χ1n) is 4.56. The van der Waals surface area contributed by atoms with Crippen molar-refractivity contribution in [3.8, 4) is 0 Å². The van der Waals surface area contributed by atoms with E-state index in [0.29, 0.717) is 12.3 Å². The fourth-order valence-corrected chi connectivity index (χ4v) is 1.56. The van der Waals surface area contributed by atoms with Gasteiger partial charge < -0.3 is 20.2 Å². The van der Waals surface area contributed by atoms with Crippen molar-refractivity contribution >= 4 is 0 Å². The molecule has 6 heteroatoms. The zero-order valence-electron chi connectivity index (χ0n) is 8.37. The van der Waals surface area contributed by atoms with E-state index in [4.69, 9.17) is 4.74 Å². The third-order valence-corrected chi connectivity index (χ3v) is 2.20. The van der Waals surface area contributed by atoms with Crippen molar-refractivity contribution in [3.63, 3.8) is 0 Å². The molecule has 0 aromatic rings. The van der Waals surface area contributed by atoms with Gasteiger partial charge in [-0.15, -0.1) is 0 Å². The average molecular weight is 201 g/mol. The van der Waals surface area contributed by atoms with Crippen LogP contribution in [-0.4, -0.2) is 31.7 Å². The normalized spacial score (nSPS) is 22.9. The number of nitrogens with one attached hydrogen (secondary N) is 2. The smallest absolute Gasteiger partial charge is 0.337 e. The number of hydrogen-bond donors (Lipinski definition) is 2. The lowest BCUT2D eigenvalue weighted by Crippen LogP contribution is -2.29. The number of ether oxygens (including phenoxy) is 1. The molecule has 1 unspecified atom stereocenters. The third kappa shape index (κ3) is 2.14. The standard InChI is InChI=1S/C8H15N3O3/c1-9-7(6-4-3-5-14-6)8(10-2)11(12)13/h6,9-10H,3-5H2,1-2H3. The summed E-state index contributed by atoms with van der Waals surface area (Å²) in [6.45, 7) is 0.671. The van der Waals surface area contributed by atoms with E-state index in [-0.39, 0.29) is 11.9 Å². The van der Waals surface area contributed by atoms with Crippen LogP contribution in [-0.2, 0) is 4.74 Å². The second-order valence-electron chi connectivity index (χ2n) is 3.02. The SMILES string of the molecule is CNC(=C(NC)[N+](=O)[O-])C1CCCO1. The highest BCUT2D eigenvalue weighted by atomic mass is 16.6. The highest BCUT2D eigenvalue weighted by Crippen LogP contribution is 2.19. The van der Waals surface area contributed by atoms with Gasteiger partial charge in [-0.2, -0.15) is 0 Å². The molecule has 0 saturated carbocycles. The maximum atomic E-state index is 10.7. The second kappa shape index (κ2) is 4.80. The van der Waals surface area contributed by atoms with E-state index >= 15 is 0 Å². The Labute approximate surface area is 82.5 Å². The topological polar surface area (TPSA) is 76.4 Å². The highest BCUT2D eigenvalue weighted by Gasteiger charge is 2.26. The molecule has 1 aliphatic rings. The van der Waals surface area contributed by atoms with Gasteiger partial charge in [0.25, 0.3) is 0 Å². The Bertz CT molecular complexity index is 246. The molecule has 1 rings (SSSR count). The summed E-state index contributed by atoms with van der Waals surface area (Å²) in [6, 6.07) is 0. The molecule has 0 aliphatic carbocycles. The Kier molecular flexibility index (Phi) is 3.70. The molecule has 80 valence electrons. The summed E-state index contributed by atoms with van der Waals surface area (Å²) in [5.41, 5.74) is 0.523. The molecule has 14 heavy (non-hydrogen) atoms. The minimum absolute atomic E-state index is 0.0144. The molecule has 1 atom stereocenters. The Morgan fingerprint density at radius 3 is 2.57 bits per heavy atom. The monoisotopic (exact) mass is 201 g/mol. The molecule has 1 saturated heterocycles. The molecule has 6 nitrogen and oxygen atoms in total. The van der Waals surface area contributed by atoms with Crippen LogP contribution in [0, 0.1) is 10.1 Å². The summed E-state index contributed by atoms with van der Waals surface area (Å²) < 4.78 is 5.37. The van der Waals surface area contributed by atoms with Crippen LogP contribution < -0.4 is 10.6 Å².